The van der Waals surface area contributed by atoms with Gasteiger partial charge in [0.2, 0.25) is 0 Å². The summed E-state index contributed by atoms with van der Waals surface area (Å²) in [5, 5.41) is 2.54. The summed E-state index contributed by atoms with van der Waals surface area (Å²) < 4.78 is 4.95. The fourth-order valence-corrected chi connectivity index (χ4v) is 0.887. The molecule has 3 nitrogen and oxygen atoms in total. The van der Waals surface area contributed by atoms with Gasteiger partial charge in [0.1, 0.15) is 5.75 Å². The third-order valence-corrected chi connectivity index (χ3v) is 1.58. The number of amides is 1. The van der Waals surface area contributed by atoms with E-state index in [0.717, 1.165) is 5.75 Å². The molecule has 0 fully saturated rings. The van der Waals surface area contributed by atoms with E-state index in [2.05, 4.69) is 5.32 Å². The molecule has 0 aliphatic heterocycles. The van der Waals surface area contributed by atoms with Crippen molar-refractivity contribution in [2.45, 2.75) is 13.8 Å². The maximum absolute atomic E-state index is 11.1. The van der Waals surface area contributed by atoms with Gasteiger partial charge in [0, 0.05) is 12.6 Å². The minimum atomic E-state index is -0.0855. The standard InChI is InChI=1S/C9H11NO2.C2H6/c1-10-9(11)7-3-5-8(12-2)6-4-7;1-2/h3-6H,1-2H3,(H,10,11);1-2H3. The van der Waals surface area contributed by atoms with Gasteiger partial charge in [0.25, 0.3) is 5.91 Å². The fraction of sp³-hybridized carbons (Fsp3) is 0.364. The largest absolute Gasteiger partial charge is 0.497 e. The molecule has 1 aromatic carbocycles. The molecule has 0 atom stereocenters. The van der Waals surface area contributed by atoms with Crippen LogP contribution in [0.2, 0.25) is 0 Å². The van der Waals surface area contributed by atoms with Crippen molar-refractivity contribution in [2.24, 2.45) is 0 Å². The number of carbonyl (C=O) groups is 1. The summed E-state index contributed by atoms with van der Waals surface area (Å²) >= 11 is 0. The molecule has 1 rings (SSSR count). The Morgan fingerprint density at radius 2 is 1.71 bits per heavy atom. The van der Waals surface area contributed by atoms with Gasteiger partial charge >= 0.3 is 0 Å². The molecule has 1 aromatic rings. The third-order valence-electron chi connectivity index (χ3n) is 1.58. The van der Waals surface area contributed by atoms with Crippen molar-refractivity contribution in [3.05, 3.63) is 29.8 Å². The van der Waals surface area contributed by atoms with Gasteiger partial charge in [0.15, 0.2) is 0 Å². The molecule has 0 bridgehead atoms. The Labute approximate surface area is 85.1 Å². The normalized spacial score (nSPS) is 8.29. The van der Waals surface area contributed by atoms with Gasteiger partial charge in [-0.15, -0.1) is 0 Å². The van der Waals surface area contributed by atoms with E-state index in [4.69, 9.17) is 4.74 Å². The minimum absolute atomic E-state index is 0.0855. The molecule has 78 valence electrons. The molecule has 1 N–H and O–H groups in total. The van der Waals surface area contributed by atoms with E-state index in [1.54, 1.807) is 38.4 Å². The van der Waals surface area contributed by atoms with Gasteiger partial charge < -0.3 is 10.1 Å². The predicted octanol–water partition coefficient (Wildman–Crippen LogP) is 2.08. The van der Waals surface area contributed by atoms with Crippen LogP contribution >= 0.6 is 0 Å². The second-order valence-corrected chi connectivity index (χ2v) is 2.31. The van der Waals surface area contributed by atoms with E-state index >= 15 is 0 Å². The Bertz CT molecular complexity index is 267. The first kappa shape index (κ1) is 12.5. The summed E-state index contributed by atoms with van der Waals surface area (Å²) in [7, 11) is 3.20. The molecule has 0 aliphatic carbocycles. The summed E-state index contributed by atoms with van der Waals surface area (Å²) in [5.41, 5.74) is 0.637. The molecule has 1 amide bonds. The summed E-state index contributed by atoms with van der Waals surface area (Å²) in [6.07, 6.45) is 0. The van der Waals surface area contributed by atoms with Crippen LogP contribution in [-0.2, 0) is 0 Å². The molecule has 0 unspecified atom stereocenters. The smallest absolute Gasteiger partial charge is 0.251 e. The lowest BCUT2D eigenvalue weighted by Gasteiger charge is -2.01. The van der Waals surface area contributed by atoms with Crippen LogP contribution in [0.15, 0.2) is 24.3 Å². The average Bonchev–Trinajstić information content (AvgIpc) is 2.31. The zero-order valence-electron chi connectivity index (χ0n) is 9.13. The first-order chi connectivity index (χ1) is 6.77. The van der Waals surface area contributed by atoms with E-state index in [1.807, 2.05) is 13.8 Å². The van der Waals surface area contributed by atoms with Crippen molar-refractivity contribution in [3.8, 4) is 5.75 Å². The molecule has 0 aromatic heterocycles. The number of ether oxygens (including phenoxy) is 1. The first-order valence-corrected chi connectivity index (χ1v) is 4.64. The van der Waals surface area contributed by atoms with Crippen LogP contribution in [0.25, 0.3) is 0 Å². The highest BCUT2D eigenvalue weighted by molar-refractivity contribution is 5.94. The van der Waals surface area contributed by atoms with Crippen molar-refractivity contribution in [3.63, 3.8) is 0 Å². The van der Waals surface area contributed by atoms with Crippen LogP contribution in [0.3, 0.4) is 0 Å². The molecular formula is C11H17NO2. The van der Waals surface area contributed by atoms with Gasteiger partial charge in [0.05, 0.1) is 7.11 Å². The highest BCUT2D eigenvalue weighted by Crippen LogP contribution is 2.10. The highest BCUT2D eigenvalue weighted by Gasteiger charge is 2.01. The lowest BCUT2D eigenvalue weighted by Crippen LogP contribution is -2.17. The van der Waals surface area contributed by atoms with Crippen LogP contribution in [0.5, 0.6) is 5.75 Å². The first-order valence-electron chi connectivity index (χ1n) is 4.64. The maximum Gasteiger partial charge on any atom is 0.251 e. The molecule has 0 radical (unpaired) electrons. The monoisotopic (exact) mass is 195 g/mol. The molecule has 14 heavy (non-hydrogen) atoms. The van der Waals surface area contributed by atoms with E-state index in [0.29, 0.717) is 5.56 Å². The van der Waals surface area contributed by atoms with Crippen LogP contribution in [0.4, 0.5) is 0 Å². The van der Waals surface area contributed by atoms with Crippen LogP contribution in [0.1, 0.15) is 24.2 Å². The van der Waals surface area contributed by atoms with Crippen molar-refractivity contribution in [1.82, 2.24) is 5.32 Å². The van der Waals surface area contributed by atoms with Gasteiger partial charge in [-0.2, -0.15) is 0 Å². The lowest BCUT2D eigenvalue weighted by molar-refractivity contribution is 0.0963. The van der Waals surface area contributed by atoms with E-state index in [9.17, 15) is 4.79 Å². The number of carbonyl (C=O) groups excluding carboxylic acids is 1. The zero-order valence-corrected chi connectivity index (χ0v) is 9.13. The summed E-state index contributed by atoms with van der Waals surface area (Å²) in [6, 6.07) is 6.95. The van der Waals surface area contributed by atoms with Gasteiger partial charge in [-0.25, -0.2) is 0 Å². The Kier molecular flexibility index (Phi) is 6.20. The number of rotatable bonds is 2. The predicted molar refractivity (Wildman–Crippen MR) is 57.7 cm³/mol. The number of methoxy groups -OCH3 is 1. The molecule has 0 spiro atoms. The number of benzene rings is 1. The third kappa shape index (κ3) is 3.47. The Morgan fingerprint density at radius 1 is 1.21 bits per heavy atom. The highest BCUT2D eigenvalue weighted by atomic mass is 16.5. The summed E-state index contributed by atoms with van der Waals surface area (Å²) in [6.45, 7) is 4.00. The molecule has 0 heterocycles. The van der Waals surface area contributed by atoms with Crippen molar-refractivity contribution >= 4 is 5.91 Å². The summed E-state index contributed by atoms with van der Waals surface area (Å²) in [5.74, 6) is 0.667. The van der Waals surface area contributed by atoms with E-state index in [-0.39, 0.29) is 5.91 Å². The van der Waals surface area contributed by atoms with Crippen LogP contribution in [-0.4, -0.2) is 20.1 Å². The Morgan fingerprint density at radius 3 is 2.07 bits per heavy atom. The van der Waals surface area contributed by atoms with Gasteiger partial charge in [-0.05, 0) is 24.3 Å². The van der Waals surface area contributed by atoms with Crippen LogP contribution in [0, 0.1) is 0 Å². The zero-order chi connectivity index (χ0) is 11.0. The second-order valence-electron chi connectivity index (χ2n) is 2.31. The topological polar surface area (TPSA) is 38.3 Å². The molecule has 0 aliphatic rings. The van der Waals surface area contributed by atoms with E-state index in [1.165, 1.54) is 0 Å². The average molecular weight is 195 g/mol. The fourth-order valence-electron chi connectivity index (χ4n) is 0.887. The number of hydrogen-bond donors (Lipinski definition) is 1. The second kappa shape index (κ2) is 6.95. The van der Waals surface area contributed by atoms with Crippen molar-refractivity contribution in [2.75, 3.05) is 14.2 Å². The maximum atomic E-state index is 11.1. The molecular weight excluding hydrogens is 178 g/mol. The van der Waals surface area contributed by atoms with E-state index < -0.39 is 0 Å². The quantitative estimate of drug-likeness (QED) is 0.784. The van der Waals surface area contributed by atoms with Gasteiger partial charge in [-0.1, -0.05) is 13.8 Å². The molecule has 0 saturated carbocycles. The Hall–Kier alpha value is -1.51. The SMILES string of the molecule is CC.CNC(=O)c1ccc(OC)cc1. The molecule has 0 saturated heterocycles. The minimum Gasteiger partial charge on any atom is -0.497 e. The molecule has 3 heteroatoms. The van der Waals surface area contributed by atoms with Gasteiger partial charge in [-0.3, -0.25) is 4.79 Å². The lowest BCUT2D eigenvalue weighted by atomic mass is 10.2. The number of nitrogens with one attached hydrogen (secondary N) is 1. The summed E-state index contributed by atoms with van der Waals surface area (Å²) in [4.78, 5) is 11.1. The van der Waals surface area contributed by atoms with Crippen molar-refractivity contribution in [1.29, 1.82) is 0 Å². The van der Waals surface area contributed by atoms with Crippen molar-refractivity contribution < 1.29 is 9.53 Å². The number of hydrogen-bond acceptors (Lipinski definition) is 2. The Balaban J connectivity index is 0.000000791. The van der Waals surface area contributed by atoms with Crippen LogP contribution < -0.4 is 10.1 Å².